The lowest BCUT2D eigenvalue weighted by atomic mass is 10.1. The summed E-state index contributed by atoms with van der Waals surface area (Å²) in [6.07, 6.45) is -1.38. The maximum absolute atomic E-state index is 13.3. The van der Waals surface area contributed by atoms with E-state index >= 15 is 0 Å². The normalized spacial score (nSPS) is 11.4. The Morgan fingerprint density at radius 3 is 2.52 bits per heavy atom. The summed E-state index contributed by atoms with van der Waals surface area (Å²) in [4.78, 5) is 16.7. The number of ketones is 1. The van der Waals surface area contributed by atoms with Gasteiger partial charge in [0.15, 0.2) is 16.8 Å². The quantitative estimate of drug-likeness (QED) is 0.269. The van der Waals surface area contributed by atoms with E-state index in [0.717, 1.165) is 23.9 Å². The van der Waals surface area contributed by atoms with Crippen LogP contribution in [0.3, 0.4) is 0 Å². The number of ether oxygens (including phenoxy) is 1. The molecule has 4 rings (SSSR count). The molecule has 6 nitrogen and oxygen atoms in total. The van der Waals surface area contributed by atoms with Crippen molar-refractivity contribution >= 4 is 17.5 Å². The van der Waals surface area contributed by atoms with E-state index in [1.54, 1.807) is 48.8 Å². The molecule has 0 saturated carbocycles. The topological polar surface area (TPSA) is 69.9 Å². The van der Waals surface area contributed by atoms with Gasteiger partial charge in [0.1, 0.15) is 5.75 Å². The Kier molecular flexibility index (Phi) is 6.45. The van der Waals surface area contributed by atoms with Gasteiger partial charge >= 0.3 is 6.18 Å². The summed E-state index contributed by atoms with van der Waals surface area (Å²) in [5.74, 6) is 0.812. The Bertz CT molecular complexity index is 1260. The Hall–Kier alpha value is -3.66. The van der Waals surface area contributed by atoms with Gasteiger partial charge in [-0.15, -0.1) is 10.2 Å². The maximum atomic E-state index is 13.3. The van der Waals surface area contributed by atoms with Crippen molar-refractivity contribution in [1.29, 1.82) is 0 Å². The van der Waals surface area contributed by atoms with Crippen LogP contribution in [0.1, 0.15) is 15.9 Å². The number of methoxy groups -OCH3 is 1. The summed E-state index contributed by atoms with van der Waals surface area (Å²) in [5, 5.41) is 8.61. The number of halogens is 3. The molecule has 2 aromatic carbocycles. The number of pyridine rings is 1. The molecule has 0 N–H and O–H groups in total. The largest absolute Gasteiger partial charge is 0.497 e. The molecule has 0 fully saturated rings. The zero-order valence-corrected chi connectivity index (χ0v) is 18.1. The van der Waals surface area contributed by atoms with Crippen LogP contribution >= 0.6 is 11.8 Å². The molecule has 168 valence electrons. The highest BCUT2D eigenvalue weighted by molar-refractivity contribution is 7.99. The summed E-state index contributed by atoms with van der Waals surface area (Å²) in [5.41, 5.74) is 0.501. The van der Waals surface area contributed by atoms with Crippen molar-refractivity contribution < 1.29 is 22.7 Å². The van der Waals surface area contributed by atoms with Gasteiger partial charge in [0.25, 0.3) is 0 Å². The molecule has 10 heteroatoms. The molecule has 0 amide bonds. The zero-order valence-electron chi connectivity index (χ0n) is 17.3. The highest BCUT2D eigenvalue weighted by Crippen LogP contribution is 2.33. The number of carbonyl (C=O) groups excluding carboxylic acids is 1. The first-order valence-electron chi connectivity index (χ1n) is 9.70. The Labute approximate surface area is 191 Å². The highest BCUT2D eigenvalue weighted by atomic mass is 32.2. The summed E-state index contributed by atoms with van der Waals surface area (Å²) >= 11 is 1.09. The van der Waals surface area contributed by atoms with Crippen LogP contribution < -0.4 is 4.74 Å². The molecule has 2 aromatic heterocycles. The maximum Gasteiger partial charge on any atom is 0.416 e. The molecule has 0 bridgehead atoms. The fourth-order valence-electron chi connectivity index (χ4n) is 3.09. The molecule has 0 unspecified atom stereocenters. The molecule has 0 saturated heterocycles. The minimum Gasteiger partial charge on any atom is -0.497 e. The molecular weight excluding hydrogens is 453 g/mol. The van der Waals surface area contributed by atoms with Gasteiger partial charge in [-0.2, -0.15) is 13.2 Å². The van der Waals surface area contributed by atoms with Crippen LogP contribution in [0.2, 0.25) is 0 Å². The predicted octanol–water partition coefficient (Wildman–Crippen LogP) is 5.33. The third-order valence-corrected chi connectivity index (χ3v) is 5.66. The van der Waals surface area contributed by atoms with Crippen molar-refractivity contribution in [3.63, 3.8) is 0 Å². The van der Waals surface area contributed by atoms with E-state index < -0.39 is 11.7 Å². The van der Waals surface area contributed by atoms with Gasteiger partial charge in [-0.1, -0.05) is 17.8 Å². The molecule has 0 aliphatic heterocycles. The van der Waals surface area contributed by atoms with Crippen LogP contribution in [-0.2, 0) is 6.18 Å². The Morgan fingerprint density at radius 1 is 1.06 bits per heavy atom. The molecule has 0 atom stereocenters. The molecule has 0 radical (unpaired) electrons. The lowest BCUT2D eigenvalue weighted by Crippen LogP contribution is -2.08. The highest BCUT2D eigenvalue weighted by Gasteiger charge is 2.31. The van der Waals surface area contributed by atoms with Gasteiger partial charge in [0.2, 0.25) is 0 Å². The predicted molar refractivity (Wildman–Crippen MR) is 118 cm³/mol. The first-order chi connectivity index (χ1) is 15.9. The number of Topliss-reactive ketones (excluding diaryl/α,β-unsaturated/α-hetero) is 1. The monoisotopic (exact) mass is 470 g/mol. The number of hydrogen-bond acceptors (Lipinski definition) is 6. The number of hydrogen-bond donors (Lipinski definition) is 0. The van der Waals surface area contributed by atoms with Crippen molar-refractivity contribution in [1.82, 2.24) is 19.7 Å². The minimum atomic E-state index is -4.50. The lowest BCUT2D eigenvalue weighted by Gasteiger charge is -2.13. The number of nitrogens with zero attached hydrogens (tertiary/aromatic N) is 4. The van der Waals surface area contributed by atoms with Crippen molar-refractivity contribution in [3.05, 3.63) is 84.2 Å². The molecule has 0 aliphatic carbocycles. The van der Waals surface area contributed by atoms with Crippen LogP contribution in [0, 0.1) is 0 Å². The van der Waals surface area contributed by atoms with Gasteiger partial charge in [-0.3, -0.25) is 14.3 Å². The molecule has 33 heavy (non-hydrogen) atoms. The first-order valence-corrected chi connectivity index (χ1v) is 10.7. The van der Waals surface area contributed by atoms with Gasteiger partial charge < -0.3 is 4.74 Å². The van der Waals surface area contributed by atoms with E-state index in [2.05, 4.69) is 15.2 Å². The Balaban J connectivity index is 1.69. The van der Waals surface area contributed by atoms with Gasteiger partial charge in [-0.05, 0) is 54.6 Å². The average molecular weight is 470 g/mol. The average Bonchev–Trinajstić information content (AvgIpc) is 3.26. The van der Waals surface area contributed by atoms with E-state index in [1.165, 1.54) is 23.8 Å². The number of carbonyl (C=O) groups is 1. The third-order valence-electron chi connectivity index (χ3n) is 4.73. The minimum absolute atomic E-state index is 0.0243. The zero-order chi connectivity index (χ0) is 23.4. The number of thioether (sulfide) groups is 1. The summed E-state index contributed by atoms with van der Waals surface area (Å²) in [7, 11) is 1.53. The molecular formula is C23H17F3N4O2S. The number of benzene rings is 2. The van der Waals surface area contributed by atoms with E-state index in [9.17, 15) is 18.0 Å². The number of aromatic nitrogens is 4. The van der Waals surface area contributed by atoms with E-state index in [1.807, 2.05) is 0 Å². The van der Waals surface area contributed by atoms with Gasteiger partial charge in [0.05, 0.1) is 24.1 Å². The first kappa shape index (κ1) is 22.5. The second-order valence-electron chi connectivity index (χ2n) is 6.87. The SMILES string of the molecule is COc1ccc(C(=O)CSc2nnc(-c3cccnc3)n2-c2cccc(C(F)(F)F)c2)cc1. The molecule has 0 aliphatic rings. The van der Waals surface area contributed by atoms with Gasteiger partial charge in [-0.25, -0.2) is 0 Å². The van der Waals surface area contributed by atoms with Crippen molar-refractivity contribution in [3.8, 4) is 22.8 Å². The van der Waals surface area contributed by atoms with Crippen LogP contribution in [-0.4, -0.2) is 38.4 Å². The van der Waals surface area contributed by atoms with Crippen molar-refractivity contribution in [2.24, 2.45) is 0 Å². The second-order valence-corrected chi connectivity index (χ2v) is 7.81. The number of alkyl halides is 3. The van der Waals surface area contributed by atoms with Crippen molar-refractivity contribution in [2.45, 2.75) is 11.3 Å². The summed E-state index contributed by atoms with van der Waals surface area (Å²) < 4.78 is 46.6. The molecule has 2 heterocycles. The van der Waals surface area contributed by atoms with Crippen LogP contribution in [0.4, 0.5) is 13.2 Å². The Morgan fingerprint density at radius 2 is 1.85 bits per heavy atom. The standard InChI is InChI=1S/C23H17F3N4O2S/c1-32-19-9-7-15(8-10-19)20(31)14-33-22-29-28-21(16-4-3-11-27-13-16)30(22)18-6-2-5-17(12-18)23(24,25)26/h2-13H,14H2,1H3. The van der Waals surface area contributed by atoms with Crippen LogP contribution in [0.15, 0.2) is 78.2 Å². The van der Waals surface area contributed by atoms with E-state index in [0.29, 0.717) is 22.7 Å². The smallest absolute Gasteiger partial charge is 0.416 e. The fraction of sp³-hybridized carbons (Fsp3) is 0.130. The lowest BCUT2D eigenvalue weighted by molar-refractivity contribution is -0.137. The fourth-order valence-corrected chi connectivity index (χ4v) is 3.94. The van der Waals surface area contributed by atoms with Crippen molar-refractivity contribution in [2.75, 3.05) is 12.9 Å². The van der Waals surface area contributed by atoms with Crippen LogP contribution in [0.5, 0.6) is 5.75 Å². The van der Waals surface area contributed by atoms with Gasteiger partial charge in [0, 0.05) is 23.5 Å². The summed E-state index contributed by atoms with van der Waals surface area (Å²) in [6, 6.07) is 15.0. The molecule has 4 aromatic rings. The van der Waals surface area contributed by atoms with E-state index in [4.69, 9.17) is 4.74 Å². The summed E-state index contributed by atoms with van der Waals surface area (Å²) in [6.45, 7) is 0. The third kappa shape index (κ3) is 5.06. The van der Waals surface area contributed by atoms with Crippen LogP contribution in [0.25, 0.3) is 17.1 Å². The number of rotatable bonds is 7. The molecule has 0 spiro atoms. The van der Waals surface area contributed by atoms with E-state index in [-0.39, 0.29) is 22.4 Å². The second kappa shape index (κ2) is 9.45.